The van der Waals surface area contributed by atoms with E-state index >= 15 is 0 Å². The van der Waals surface area contributed by atoms with E-state index in [1.165, 1.54) is 44.9 Å². The summed E-state index contributed by atoms with van der Waals surface area (Å²) in [7, 11) is 5.00. The Bertz CT molecular complexity index is 358. The summed E-state index contributed by atoms with van der Waals surface area (Å²) in [6.07, 6.45) is 14.2. The van der Waals surface area contributed by atoms with Crippen LogP contribution in [-0.2, 0) is 23.7 Å². The summed E-state index contributed by atoms with van der Waals surface area (Å²) < 4.78 is 28.9. The van der Waals surface area contributed by atoms with Crippen molar-refractivity contribution in [3.63, 3.8) is 0 Å². The van der Waals surface area contributed by atoms with E-state index in [1.807, 2.05) is 0 Å². The van der Waals surface area contributed by atoms with E-state index in [0.717, 1.165) is 45.3 Å². The molecular weight excluding hydrogens is 356 g/mol. The summed E-state index contributed by atoms with van der Waals surface area (Å²) in [6.45, 7) is 6.54. The largest absolute Gasteiger partial charge is 0.378 e. The second kappa shape index (κ2) is 14.7. The molecule has 1 saturated carbocycles. The number of hydrogen-bond acceptors (Lipinski definition) is 5. The van der Waals surface area contributed by atoms with Crippen LogP contribution in [0.2, 0.25) is 0 Å². The molecule has 0 aromatic rings. The number of methoxy groups -OCH3 is 3. The Balaban J connectivity index is 2.39. The minimum atomic E-state index is -0.954. The number of unbranched alkanes of at least 4 members (excludes halogenated alkanes) is 5. The van der Waals surface area contributed by atoms with Crippen LogP contribution in [0.4, 0.5) is 0 Å². The topological polar surface area (TPSA) is 46.2 Å². The Morgan fingerprint density at radius 3 is 1.96 bits per heavy atom. The zero-order chi connectivity index (χ0) is 20.7. The molecule has 1 rings (SSSR count). The third-order valence-corrected chi connectivity index (χ3v) is 6.18. The Labute approximate surface area is 173 Å². The smallest absolute Gasteiger partial charge is 0.285 e. The highest BCUT2D eigenvalue weighted by Crippen LogP contribution is 2.36. The Morgan fingerprint density at radius 1 is 0.821 bits per heavy atom. The van der Waals surface area contributed by atoms with Crippen molar-refractivity contribution in [3.8, 4) is 0 Å². The van der Waals surface area contributed by atoms with Gasteiger partial charge in [0, 0.05) is 40.5 Å². The fourth-order valence-corrected chi connectivity index (χ4v) is 4.32. The highest BCUT2D eigenvalue weighted by molar-refractivity contribution is 4.89. The van der Waals surface area contributed by atoms with E-state index in [1.54, 1.807) is 21.3 Å². The zero-order valence-corrected chi connectivity index (χ0v) is 19.2. The van der Waals surface area contributed by atoms with Crippen LogP contribution in [0.25, 0.3) is 0 Å². The maximum atomic E-state index is 5.98. The molecule has 0 aromatic heterocycles. The van der Waals surface area contributed by atoms with Crippen LogP contribution in [-0.4, -0.2) is 52.7 Å². The van der Waals surface area contributed by atoms with Crippen molar-refractivity contribution in [1.29, 1.82) is 0 Å². The fraction of sp³-hybridized carbons (Fsp3) is 1.00. The summed E-state index contributed by atoms with van der Waals surface area (Å²) in [6, 6.07) is 0. The molecule has 1 aliphatic rings. The highest BCUT2D eigenvalue weighted by Gasteiger charge is 2.40. The molecule has 0 spiro atoms. The van der Waals surface area contributed by atoms with Gasteiger partial charge in [-0.3, -0.25) is 0 Å². The Kier molecular flexibility index (Phi) is 13.6. The minimum Gasteiger partial charge on any atom is -0.378 e. The lowest BCUT2D eigenvalue weighted by Gasteiger charge is -2.41. The van der Waals surface area contributed by atoms with Gasteiger partial charge in [0.2, 0.25) is 0 Å². The van der Waals surface area contributed by atoms with Crippen LogP contribution in [0.1, 0.15) is 90.9 Å². The number of hydrogen-bond donors (Lipinski definition) is 0. The van der Waals surface area contributed by atoms with Crippen molar-refractivity contribution in [2.24, 2.45) is 5.92 Å². The number of rotatable bonds is 19. The first-order valence-corrected chi connectivity index (χ1v) is 11.5. The van der Waals surface area contributed by atoms with E-state index in [0.29, 0.717) is 6.61 Å². The van der Waals surface area contributed by atoms with Crippen molar-refractivity contribution < 1.29 is 23.7 Å². The molecule has 0 aromatic carbocycles. The molecule has 1 fully saturated rings. The lowest BCUT2D eigenvalue weighted by Crippen LogP contribution is -2.45. The van der Waals surface area contributed by atoms with Gasteiger partial charge in [-0.05, 0) is 45.4 Å². The summed E-state index contributed by atoms with van der Waals surface area (Å²) in [5.41, 5.74) is -0.0119. The summed E-state index contributed by atoms with van der Waals surface area (Å²) in [4.78, 5) is 0. The molecule has 0 heterocycles. The van der Waals surface area contributed by atoms with Gasteiger partial charge in [-0.25, -0.2) is 0 Å². The van der Waals surface area contributed by atoms with Gasteiger partial charge in [0.25, 0.3) is 5.97 Å². The van der Waals surface area contributed by atoms with Gasteiger partial charge in [-0.1, -0.05) is 45.4 Å². The molecule has 1 atom stereocenters. The molecule has 0 bridgehead atoms. The van der Waals surface area contributed by atoms with Gasteiger partial charge >= 0.3 is 0 Å². The first-order chi connectivity index (χ1) is 13.6. The standard InChI is InChI=1S/C23H46O5/c1-6-8-9-10-11-12-15-21(23(24-3,25-4)26-5)16-13-19-27-20-22(28-7-2)17-14-18-22/h21H,6-20H2,1-5H3. The van der Waals surface area contributed by atoms with Gasteiger partial charge in [0.1, 0.15) is 0 Å². The van der Waals surface area contributed by atoms with Crippen LogP contribution in [0, 0.1) is 5.92 Å². The van der Waals surface area contributed by atoms with Crippen molar-refractivity contribution in [1.82, 2.24) is 0 Å². The Morgan fingerprint density at radius 2 is 1.43 bits per heavy atom. The monoisotopic (exact) mass is 402 g/mol. The van der Waals surface area contributed by atoms with E-state index < -0.39 is 5.97 Å². The lowest BCUT2D eigenvalue weighted by atomic mass is 9.80. The average Bonchev–Trinajstić information content (AvgIpc) is 2.69. The second-order valence-electron chi connectivity index (χ2n) is 8.13. The molecule has 5 heteroatoms. The molecule has 0 radical (unpaired) electrons. The van der Waals surface area contributed by atoms with Gasteiger partial charge in [-0.2, -0.15) is 0 Å². The van der Waals surface area contributed by atoms with Crippen molar-refractivity contribution in [3.05, 3.63) is 0 Å². The minimum absolute atomic E-state index is 0.0119. The van der Waals surface area contributed by atoms with Crippen LogP contribution in [0.3, 0.4) is 0 Å². The first kappa shape index (κ1) is 25.8. The molecule has 5 nitrogen and oxygen atoms in total. The summed E-state index contributed by atoms with van der Waals surface area (Å²) in [5, 5.41) is 0. The predicted molar refractivity (Wildman–Crippen MR) is 114 cm³/mol. The van der Waals surface area contributed by atoms with Crippen LogP contribution in [0.15, 0.2) is 0 Å². The fourth-order valence-electron chi connectivity index (χ4n) is 4.32. The Hall–Kier alpha value is -0.200. The third kappa shape index (κ3) is 8.27. The van der Waals surface area contributed by atoms with Crippen molar-refractivity contribution >= 4 is 0 Å². The highest BCUT2D eigenvalue weighted by atomic mass is 16.9. The normalized spacial score (nSPS) is 17.5. The van der Waals surface area contributed by atoms with E-state index in [-0.39, 0.29) is 11.5 Å². The second-order valence-corrected chi connectivity index (χ2v) is 8.13. The SMILES string of the molecule is CCCCCCCCC(CCCOCC1(OCC)CCC1)C(OC)(OC)OC. The molecular formula is C23H46O5. The van der Waals surface area contributed by atoms with Crippen molar-refractivity contribution in [2.75, 3.05) is 41.2 Å². The van der Waals surface area contributed by atoms with Gasteiger partial charge in [0.05, 0.1) is 12.2 Å². The van der Waals surface area contributed by atoms with Crippen LogP contribution < -0.4 is 0 Å². The van der Waals surface area contributed by atoms with Gasteiger partial charge in [0.15, 0.2) is 0 Å². The maximum Gasteiger partial charge on any atom is 0.285 e. The summed E-state index contributed by atoms with van der Waals surface area (Å²) in [5.74, 6) is -0.754. The van der Waals surface area contributed by atoms with Crippen molar-refractivity contribution in [2.45, 2.75) is 102 Å². The molecule has 168 valence electrons. The van der Waals surface area contributed by atoms with E-state index in [9.17, 15) is 0 Å². The number of ether oxygens (including phenoxy) is 5. The molecule has 0 saturated heterocycles. The average molecular weight is 403 g/mol. The molecule has 1 aliphatic carbocycles. The van der Waals surface area contributed by atoms with Gasteiger partial charge < -0.3 is 23.7 Å². The maximum absolute atomic E-state index is 5.98. The van der Waals surface area contributed by atoms with E-state index in [2.05, 4.69) is 13.8 Å². The van der Waals surface area contributed by atoms with E-state index in [4.69, 9.17) is 23.7 Å². The zero-order valence-electron chi connectivity index (χ0n) is 19.2. The molecule has 0 N–H and O–H groups in total. The summed E-state index contributed by atoms with van der Waals surface area (Å²) >= 11 is 0. The lowest BCUT2D eigenvalue weighted by molar-refractivity contribution is -0.380. The van der Waals surface area contributed by atoms with Gasteiger partial charge in [-0.15, -0.1) is 0 Å². The molecule has 28 heavy (non-hydrogen) atoms. The predicted octanol–water partition coefficient (Wildman–Crippen LogP) is 5.70. The first-order valence-electron chi connectivity index (χ1n) is 11.5. The van der Waals surface area contributed by atoms with Crippen LogP contribution >= 0.6 is 0 Å². The molecule has 0 amide bonds. The molecule has 1 unspecified atom stereocenters. The molecule has 0 aliphatic heterocycles. The third-order valence-electron chi connectivity index (χ3n) is 6.18. The quantitative estimate of drug-likeness (QED) is 0.205. The van der Waals surface area contributed by atoms with Crippen LogP contribution in [0.5, 0.6) is 0 Å².